The lowest BCUT2D eigenvalue weighted by Gasteiger charge is -2.22. The summed E-state index contributed by atoms with van der Waals surface area (Å²) in [5.41, 5.74) is 6.23. The summed E-state index contributed by atoms with van der Waals surface area (Å²) in [6.07, 6.45) is 10.9. The fraction of sp³-hybridized carbons (Fsp3) is 0.500. The lowest BCUT2D eigenvalue weighted by molar-refractivity contribution is 0.401. The fourth-order valence-electron chi connectivity index (χ4n) is 3.29. The molecule has 0 bridgehead atoms. The van der Waals surface area contributed by atoms with Crippen molar-refractivity contribution in [3.8, 4) is 0 Å². The van der Waals surface area contributed by atoms with Gasteiger partial charge in [0.15, 0.2) is 0 Å². The molecule has 0 aliphatic heterocycles. The highest BCUT2D eigenvalue weighted by Crippen LogP contribution is 2.37. The zero-order chi connectivity index (χ0) is 11.0. The van der Waals surface area contributed by atoms with Crippen molar-refractivity contribution in [3.05, 3.63) is 40.5 Å². The van der Waals surface area contributed by atoms with Crippen molar-refractivity contribution in [2.24, 2.45) is 5.92 Å². The summed E-state index contributed by atoms with van der Waals surface area (Å²) in [5, 5.41) is 0. The summed E-state index contributed by atoms with van der Waals surface area (Å²) in [4.78, 5) is 0. The van der Waals surface area contributed by atoms with Crippen molar-refractivity contribution in [2.75, 3.05) is 0 Å². The summed E-state index contributed by atoms with van der Waals surface area (Å²) in [5.74, 6) is 0.889. The van der Waals surface area contributed by atoms with Gasteiger partial charge >= 0.3 is 0 Å². The zero-order valence-electron chi connectivity index (χ0n) is 10.1. The van der Waals surface area contributed by atoms with Crippen LogP contribution in [0.25, 0.3) is 6.08 Å². The van der Waals surface area contributed by atoms with Gasteiger partial charge in [-0.3, -0.25) is 0 Å². The van der Waals surface area contributed by atoms with E-state index in [2.05, 4.69) is 31.2 Å². The van der Waals surface area contributed by atoms with Crippen LogP contribution in [0.2, 0.25) is 0 Å². The molecule has 1 fully saturated rings. The number of fused-ring (bicyclic) bond motifs is 1. The van der Waals surface area contributed by atoms with Gasteiger partial charge in [0.05, 0.1) is 0 Å². The molecule has 0 spiro atoms. The Kier molecular flexibility index (Phi) is 2.59. The number of benzene rings is 1. The van der Waals surface area contributed by atoms with E-state index in [1.165, 1.54) is 49.7 Å². The molecule has 0 saturated heterocycles. The standard InChI is InChI=1S/C16H20/c1-12-6-5-9-14-10-15(11-16(12)14)13-7-3-2-4-8-13/h5-6,9,11,13H,2-4,7-8,10H2,1H3. The highest BCUT2D eigenvalue weighted by Gasteiger charge is 2.22. The van der Waals surface area contributed by atoms with Crippen LogP contribution in [0.1, 0.15) is 48.8 Å². The highest BCUT2D eigenvalue weighted by molar-refractivity contribution is 5.66. The Morgan fingerprint density at radius 2 is 1.88 bits per heavy atom. The number of hydrogen-bond donors (Lipinski definition) is 0. The van der Waals surface area contributed by atoms with Gasteiger partial charge in [-0.25, -0.2) is 0 Å². The molecule has 16 heavy (non-hydrogen) atoms. The molecule has 1 aromatic carbocycles. The van der Waals surface area contributed by atoms with Crippen LogP contribution < -0.4 is 0 Å². The molecule has 1 saturated carbocycles. The molecule has 0 amide bonds. The summed E-state index contributed by atoms with van der Waals surface area (Å²) in [6.45, 7) is 2.24. The Hall–Kier alpha value is -1.04. The molecular weight excluding hydrogens is 192 g/mol. The van der Waals surface area contributed by atoms with Gasteiger partial charge in [0.25, 0.3) is 0 Å². The number of rotatable bonds is 1. The van der Waals surface area contributed by atoms with Crippen molar-refractivity contribution in [2.45, 2.75) is 45.4 Å². The van der Waals surface area contributed by atoms with Gasteiger partial charge in [-0.05, 0) is 48.8 Å². The normalized spacial score (nSPS) is 20.7. The third-order valence-electron chi connectivity index (χ3n) is 4.27. The number of hydrogen-bond acceptors (Lipinski definition) is 0. The largest absolute Gasteiger partial charge is 0.0621 e. The van der Waals surface area contributed by atoms with Gasteiger partial charge in [0, 0.05) is 0 Å². The minimum Gasteiger partial charge on any atom is -0.0621 e. The van der Waals surface area contributed by atoms with Crippen molar-refractivity contribution < 1.29 is 0 Å². The van der Waals surface area contributed by atoms with Crippen molar-refractivity contribution in [1.82, 2.24) is 0 Å². The number of aryl methyl sites for hydroxylation is 1. The maximum Gasteiger partial charge on any atom is -0.00549 e. The molecule has 2 aliphatic rings. The van der Waals surface area contributed by atoms with Crippen LogP contribution in [0.15, 0.2) is 23.8 Å². The fourth-order valence-corrected chi connectivity index (χ4v) is 3.29. The van der Waals surface area contributed by atoms with Crippen molar-refractivity contribution in [1.29, 1.82) is 0 Å². The zero-order valence-corrected chi connectivity index (χ0v) is 10.1. The third kappa shape index (κ3) is 1.71. The predicted octanol–water partition coefficient (Wildman–Crippen LogP) is 4.51. The van der Waals surface area contributed by atoms with Crippen LogP contribution in [0.4, 0.5) is 0 Å². The van der Waals surface area contributed by atoms with Crippen LogP contribution in [-0.4, -0.2) is 0 Å². The van der Waals surface area contributed by atoms with Crippen LogP contribution >= 0.6 is 0 Å². The predicted molar refractivity (Wildman–Crippen MR) is 69.4 cm³/mol. The summed E-state index contributed by atoms with van der Waals surface area (Å²) in [7, 11) is 0. The SMILES string of the molecule is Cc1cccc2c1C=C(C1CCCCC1)C2. The van der Waals surface area contributed by atoms with E-state index in [4.69, 9.17) is 0 Å². The van der Waals surface area contributed by atoms with E-state index in [0.717, 1.165) is 5.92 Å². The Bertz CT molecular complexity index is 420. The van der Waals surface area contributed by atoms with E-state index in [1.807, 2.05) is 0 Å². The monoisotopic (exact) mass is 212 g/mol. The van der Waals surface area contributed by atoms with Gasteiger partial charge in [-0.15, -0.1) is 0 Å². The maximum atomic E-state index is 2.49. The first-order chi connectivity index (χ1) is 7.84. The van der Waals surface area contributed by atoms with E-state index in [0.29, 0.717) is 0 Å². The number of allylic oxidation sites excluding steroid dienone is 1. The van der Waals surface area contributed by atoms with E-state index >= 15 is 0 Å². The molecule has 0 unspecified atom stereocenters. The summed E-state index contributed by atoms with van der Waals surface area (Å²) < 4.78 is 0. The average Bonchev–Trinajstić information content (AvgIpc) is 2.76. The van der Waals surface area contributed by atoms with Gasteiger partial charge in [-0.2, -0.15) is 0 Å². The molecule has 1 aromatic rings. The molecule has 0 atom stereocenters. The van der Waals surface area contributed by atoms with Gasteiger partial charge in [-0.1, -0.05) is 49.1 Å². The van der Waals surface area contributed by atoms with E-state index < -0.39 is 0 Å². The molecule has 0 aromatic heterocycles. The molecule has 3 rings (SSSR count). The minimum absolute atomic E-state index is 0.889. The second-order valence-electron chi connectivity index (χ2n) is 5.38. The second-order valence-corrected chi connectivity index (χ2v) is 5.38. The van der Waals surface area contributed by atoms with Gasteiger partial charge in [0.1, 0.15) is 0 Å². The van der Waals surface area contributed by atoms with Gasteiger partial charge < -0.3 is 0 Å². The van der Waals surface area contributed by atoms with Gasteiger partial charge in [0.2, 0.25) is 0 Å². The Balaban J connectivity index is 1.86. The summed E-state index contributed by atoms with van der Waals surface area (Å²) >= 11 is 0. The van der Waals surface area contributed by atoms with Crippen molar-refractivity contribution in [3.63, 3.8) is 0 Å². The molecule has 84 valence electrons. The first-order valence-corrected chi connectivity index (χ1v) is 6.63. The second kappa shape index (κ2) is 4.08. The van der Waals surface area contributed by atoms with Crippen LogP contribution in [0.3, 0.4) is 0 Å². The molecule has 2 aliphatic carbocycles. The molecule has 0 nitrogen and oxygen atoms in total. The third-order valence-corrected chi connectivity index (χ3v) is 4.27. The average molecular weight is 212 g/mol. The van der Waals surface area contributed by atoms with E-state index in [9.17, 15) is 0 Å². The maximum absolute atomic E-state index is 2.49. The Morgan fingerprint density at radius 3 is 2.62 bits per heavy atom. The molecule has 0 radical (unpaired) electrons. The Labute approximate surface area is 98.4 Å². The molecule has 0 N–H and O–H groups in total. The van der Waals surface area contributed by atoms with Crippen molar-refractivity contribution >= 4 is 6.08 Å². The first kappa shape index (κ1) is 10.1. The lowest BCUT2D eigenvalue weighted by atomic mass is 9.83. The topological polar surface area (TPSA) is 0 Å². The lowest BCUT2D eigenvalue weighted by Crippen LogP contribution is -2.08. The van der Waals surface area contributed by atoms with E-state index in [1.54, 1.807) is 11.1 Å². The smallest absolute Gasteiger partial charge is 0.00549 e. The molecule has 0 heterocycles. The van der Waals surface area contributed by atoms with E-state index in [-0.39, 0.29) is 0 Å². The van der Waals surface area contributed by atoms with Crippen LogP contribution in [0, 0.1) is 12.8 Å². The Morgan fingerprint density at radius 1 is 1.06 bits per heavy atom. The molecule has 0 heteroatoms. The first-order valence-electron chi connectivity index (χ1n) is 6.63. The quantitative estimate of drug-likeness (QED) is 0.642. The summed E-state index contributed by atoms with van der Waals surface area (Å²) in [6, 6.07) is 6.74. The van der Waals surface area contributed by atoms with Crippen LogP contribution in [0.5, 0.6) is 0 Å². The molecular formula is C16H20. The minimum atomic E-state index is 0.889. The van der Waals surface area contributed by atoms with Crippen LogP contribution in [-0.2, 0) is 6.42 Å². The highest BCUT2D eigenvalue weighted by atomic mass is 14.3.